The number of likely N-dealkylation sites (N-methyl/N-ethyl adjacent to an activating group) is 1. The van der Waals surface area contributed by atoms with Crippen molar-refractivity contribution in [2.75, 3.05) is 20.2 Å². The molecule has 0 aromatic carbocycles. The Kier molecular flexibility index (Phi) is 3.39. The topological polar surface area (TPSA) is 32.7 Å². The maximum Gasteiger partial charge on any atom is 0.109 e. The molecule has 0 bridgehead atoms. The number of hydrogen-bond acceptors (Lipinski definition) is 3. The Morgan fingerprint density at radius 2 is 2.42 bits per heavy atom. The summed E-state index contributed by atoms with van der Waals surface area (Å²) in [4.78, 5) is 2.21. The van der Waals surface area contributed by atoms with Gasteiger partial charge in [-0.05, 0) is 12.5 Å². The van der Waals surface area contributed by atoms with E-state index >= 15 is 0 Å². The van der Waals surface area contributed by atoms with Crippen LogP contribution in [0.3, 0.4) is 0 Å². The minimum Gasteiger partial charge on any atom is -0.462 e. The van der Waals surface area contributed by atoms with Crippen molar-refractivity contribution in [2.45, 2.75) is 25.5 Å². The molecule has 1 saturated heterocycles. The molecule has 1 rings (SSSR count). The normalized spacial score (nSPS) is 29.8. The molecule has 0 amide bonds. The van der Waals surface area contributed by atoms with Gasteiger partial charge in [0.2, 0.25) is 0 Å². The molecule has 0 aromatic rings. The lowest BCUT2D eigenvalue weighted by atomic mass is 10.2. The first kappa shape index (κ1) is 9.37. The highest BCUT2D eigenvalue weighted by Crippen LogP contribution is 2.18. The SMILES string of the molecule is CCN1C[C@H](OC)C[C@@H]1C#CO. The standard InChI is InChI=1S/C9H15NO2/c1-3-10-7-9(12-2)6-8(10)4-5-11/h8-9,11H,3,6-7H2,1-2H3/t8-,9+/m0/s1. The van der Waals surface area contributed by atoms with E-state index in [1.54, 1.807) is 7.11 Å². The smallest absolute Gasteiger partial charge is 0.109 e. The second-order valence-corrected chi connectivity index (χ2v) is 2.95. The highest BCUT2D eigenvalue weighted by molar-refractivity contribution is 5.07. The van der Waals surface area contributed by atoms with Gasteiger partial charge in [-0.15, -0.1) is 0 Å². The third kappa shape index (κ3) is 1.90. The molecule has 0 spiro atoms. The molecule has 1 fully saturated rings. The van der Waals surface area contributed by atoms with Crippen LogP contribution in [0.2, 0.25) is 0 Å². The van der Waals surface area contributed by atoms with Gasteiger partial charge in [-0.25, -0.2) is 0 Å². The number of rotatable bonds is 2. The Hall–Kier alpha value is -0.720. The van der Waals surface area contributed by atoms with E-state index in [-0.39, 0.29) is 12.1 Å². The van der Waals surface area contributed by atoms with Crippen LogP contribution in [0.4, 0.5) is 0 Å². The fourth-order valence-corrected chi connectivity index (χ4v) is 1.61. The van der Waals surface area contributed by atoms with Gasteiger partial charge >= 0.3 is 0 Å². The van der Waals surface area contributed by atoms with Gasteiger partial charge in [-0.1, -0.05) is 6.92 Å². The highest BCUT2D eigenvalue weighted by Gasteiger charge is 2.29. The molecule has 1 heterocycles. The predicted molar refractivity (Wildman–Crippen MR) is 46.2 cm³/mol. The van der Waals surface area contributed by atoms with Crippen LogP contribution in [0.5, 0.6) is 0 Å². The third-order valence-corrected chi connectivity index (χ3v) is 2.34. The summed E-state index contributed by atoms with van der Waals surface area (Å²) in [6, 6.07) is 0.171. The van der Waals surface area contributed by atoms with E-state index in [0.717, 1.165) is 19.5 Å². The minimum atomic E-state index is 0.171. The first-order valence-electron chi connectivity index (χ1n) is 4.23. The molecular formula is C9H15NO2. The van der Waals surface area contributed by atoms with Gasteiger partial charge in [0.05, 0.1) is 12.1 Å². The van der Waals surface area contributed by atoms with Gasteiger partial charge in [-0.2, -0.15) is 0 Å². The quantitative estimate of drug-likeness (QED) is 0.608. The van der Waals surface area contributed by atoms with E-state index in [4.69, 9.17) is 9.84 Å². The summed E-state index contributed by atoms with van der Waals surface area (Å²) in [5.74, 6) is 2.76. The summed E-state index contributed by atoms with van der Waals surface area (Å²) in [5.41, 5.74) is 0. The summed E-state index contributed by atoms with van der Waals surface area (Å²) >= 11 is 0. The van der Waals surface area contributed by atoms with Gasteiger partial charge in [-0.3, -0.25) is 4.90 Å². The molecule has 0 unspecified atom stereocenters. The van der Waals surface area contributed by atoms with Crippen LogP contribution < -0.4 is 0 Å². The molecule has 1 aliphatic heterocycles. The summed E-state index contributed by atoms with van der Waals surface area (Å²) in [7, 11) is 1.72. The Morgan fingerprint density at radius 1 is 1.67 bits per heavy atom. The first-order chi connectivity index (χ1) is 5.81. The van der Waals surface area contributed by atoms with Crippen LogP contribution in [0.1, 0.15) is 13.3 Å². The highest BCUT2D eigenvalue weighted by atomic mass is 16.5. The van der Waals surface area contributed by atoms with Gasteiger partial charge in [0.15, 0.2) is 0 Å². The van der Waals surface area contributed by atoms with Crippen molar-refractivity contribution in [1.29, 1.82) is 0 Å². The van der Waals surface area contributed by atoms with Crippen molar-refractivity contribution in [3.05, 3.63) is 0 Å². The van der Waals surface area contributed by atoms with Crippen molar-refractivity contribution >= 4 is 0 Å². The number of methoxy groups -OCH3 is 1. The summed E-state index contributed by atoms with van der Waals surface area (Å²) in [6.45, 7) is 3.97. The van der Waals surface area contributed by atoms with E-state index in [1.807, 2.05) is 6.11 Å². The zero-order chi connectivity index (χ0) is 8.97. The maximum absolute atomic E-state index is 8.47. The predicted octanol–water partition coefficient (Wildman–Crippen LogP) is 0.429. The number of hydrogen-bond donors (Lipinski definition) is 1. The second-order valence-electron chi connectivity index (χ2n) is 2.95. The Balaban J connectivity index is 2.54. The molecular weight excluding hydrogens is 154 g/mol. The van der Waals surface area contributed by atoms with Crippen LogP contribution >= 0.6 is 0 Å². The molecule has 1 N–H and O–H groups in total. The van der Waals surface area contributed by atoms with Crippen molar-refractivity contribution in [3.63, 3.8) is 0 Å². The maximum atomic E-state index is 8.47. The zero-order valence-corrected chi connectivity index (χ0v) is 7.58. The lowest BCUT2D eigenvalue weighted by molar-refractivity contribution is 0.109. The van der Waals surface area contributed by atoms with Crippen LogP contribution in [-0.4, -0.2) is 42.4 Å². The largest absolute Gasteiger partial charge is 0.462 e. The molecule has 2 atom stereocenters. The van der Waals surface area contributed by atoms with E-state index < -0.39 is 0 Å². The zero-order valence-electron chi connectivity index (χ0n) is 7.58. The number of nitrogens with zero attached hydrogens (tertiary/aromatic N) is 1. The van der Waals surface area contributed by atoms with E-state index in [1.165, 1.54) is 0 Å². The molecule has 3 heteroatoms. The minimum absolute atomic E-state index is 0.171. The van der Waals surface area contributed by atoms with Crippen LogP contribution in [0.15, 0.2) is 0 Å². The van der Waals surface area contributed by atoms with E-state index in [2.05, 4.69) is 17.7 Å². The van der Waals surface area contributed by atoms with Crippen LogP contribution in [0, 0.1) is 12.0 Å². The molecule has 0 aromatic heterocycles. The third-order valence-electron chi connectivity index (χ3n) is 2.34. The molecule has 1 aliphatic rings. The molecule has 12 heavy (non-hydrogen) atoms. The number of aliphatic hydroxyl groups excluding tert-OH is 1. The van der Waals surface area contributed by atoms with E-state index in [9.17, 15) is 0 Å². The molecule has 0 aliphatic carbocycles. The lowest BCUT2D eigenvalue weighted by Crippen LogP contribution is -2.28. The van der Waals surface area contributed by atoms with Crippen LogP contribution in [-0.2, 0) is 4.74 Å². The second kappa shape index (κ2) is 4.34. The average Bonchev–Trinajstić information content (AvgIpc) is 2.48. The number of ether oxygens (including phenoxy) is 1. The number of likely N-dealkylation sites (tertiary alicyclic amines) is 1. The average molecular weight is 169 g/mol. The van der Waals surface area contributed by atoms with E-state index in [0.29, 0.717) is 0 Å². The number of aliphatic hydroxyl groups is 1. The fraction of sp³-hybridized carbons (Fsp3) is 0.778. The first-order valence-corrected chi connectivity index (χ1v) is 4.23. The van der Waals surface area contributed by atoms with Crippen LogP contribution in [0.25, 0.3) is 0 Å². The van der Waals surface area contributed by atoms with Gasteiger partial charge < -0.3 is 9.84 Å². The summed E-state index contributed by atoms with van der Waals surface area (Å²) in [5, 5.41) is 8.47. The monoisotopic (exact) mass is 169 g/mol. The summed E-state index contributed by atoms with van der Waals surface area (Å²) in [6.07, 6.45) is 3.15. The Bertz CT molecular complexity index is 194. The molecule has 68 valence electrons. The van der Waals surface area contributed by atoms with Crippen molar-refractivity contribution in [2.24, 2.45) is 0 Å². The van der Waals surface area contributed by atoms with Gasteiger partial charge in [0, 0.05) is 20.1 Å². The lowest BCUT2D eigenvalue weighted by Gasteiger charge is -2.16. The molecule has 0 radical (unpaired) electrons. The van der Waals surface area contributed by atoms with Crippen molar-refractivity contribution in [1.82, 2.24) is 4.90 Å². The van der Waals surface area contributed by atoms with Gasteiger partial charge in [0.1, 0.15) is 6.11 Å². The Labute approximate surface area is 73.3 Å². The fourth-order valence-electron chi connectivity index (χ4n) is 1.61. The van der Waals surface area contributed by atoms with Gasteiger partial charge in [0.25, 0.3) is 0 Å². The van der Waals surface area contributed by atoms with Crippen molar-refractivity contribution in [3.8, 4) is 12.0 Å². The Morgan fingerprint density at radius 3 is 2.92 bits per heavy atom. The van der Waals surface area contributed by atoms with Crippen molar-refractivity contribution < 1.29 is 9.84 Å². The molecule has 0 saturated carbocycles. The molecule has 3 nitrogen and oxygen atoms in total. The summed E-state index contributed by atoms with van der Waals surface area (Å²) < 4.78 is 5.23.